The molecule has 12 nitrogen and oxygen atoms in total. The van der Waals surface area contributed by atoms with Gasteiger partial charge in [-0.3, -0.25) is 14.1 Å². The fourth-order valence-corrected chi connectivity index (χ4v) is 8.13. The molecule has 0 aromatic heterocycles. The molecule has 0 amide bonds. The maximum Gasteiger partial charge on any atom is 0.306 e. The first-order valence-electron chi connectivity index (χ1n) is 25.2. The van der Waals surface area contributed by atoms with Gasteiger partial charge in [0.1, 0.15) is 36.8 Å². The summed E-state index contributed by atoms with van der Waals surface area (Å²) in [6.07, 6.45) is 40.0. The second kappa shape index (κ2) is 40.8. The van der Waals surface area contributed by atoms with E-state index in [-0.39, 0.29) is 19.4 Å². The van der Waals surface area contributed by atoms with Gasteiger partial charge in [0.25, 0.3) is 10.1 Å². The highest BCUT2D eigenvalue weighted by Crippen LogP contribution is 2.24. The van der Waals surface area contributed by atoms with Crippen LogP contribution in [0.3, 0.4) is 0 Å². The van der Waals surface area contributed by atoms with Crippen LogP contribution in [0, 0.1) is 0 Å². The van der Waals surface area contributed by atoms with Crippen molar-refractivity contribution in [1.29, 1.82) is 0 Å². The Morgan fingerprint density at radius 2 is 0.938 bits per heavy atom. The summed E-state index contributed by atoms with van der Waals surface area (Å²) in [5.41, 5.74) is 0. The third-order valence-corrected chi connectivity index (χ3v) is 12.1. The Kier molecular flexibility index (Phi) is 38.1. The molecule has 1 aliphatic heterocycles. The standard InChI is InChI=1S/C51H90O12S/c1-3-5-7-9-11-13-15-17-19-21-22-24-26-28-30-32-34-36-38-40-47(53)62-44(42-61-51-50(56)49(55)48(54)45(63-51)43-64(57,58)59)41-60-46(52)39-37-35-33-31-29-27-25-23-20-18-16-14-12-10-8-6-4-2/h11-14,17-20,44-45,48-51,54-56H,3-10,15-16,21-43H2,1-2H3,(H,57,58,59)/b13-11+,14-12+,19-17+,20-18+/t44-,45-,48-,49?,50?,51+/m1/s1. The topological polar surface area (TPSA) is 186 Å². The van der Waals surface area contributed by atoms with Crippen LogP contribution in [0.2, 0.25) is 0 Å². The van der Waals surface area contributed by atoms with E-state index >= 15 is 0 Å². The molecule has 1 heterocycles. The molecule has 0 radical (unpaired) electrons. The first-order chi connectivity index (χ1) is 31.0. The molecule has 2 unspecified atom stereocenters. The van der Waals surface area contributed by atoms with Crippen LogP contribution < -0.4 is 0 Å². The molecule has 13 heteroatoms. The number of esters is 2. The van der Waals surface area contributed by atoms with Crippen molar-refractivity contribution in [3.8, 4) is 0 Å². The van der Waals surface area contributed by atoms with Gasteiger partial charge in [0.15, 0.2) is 12.4 Å². The second-order valence-electron chi connectivity index (χ2n) is 17.5. The number of ether oxygens (including phenoxy) is 4. The largest absolute Gasteiger partial charge is 0.462 e. The van der Waals surface area contributed by atoms with Gasteiger partial charge in [0.05, 0.1) is 6.61 Å². The summed E-state index contributed by atoms with van der Waals surface area (Å²) >= 11 is 0. The Bertz CT molecular complexity index is 1360. The number of aliphatic hydroxyl groups excluding tert-OH is 3. The number of allylic oxidation sites excluding steroid dienone is 8. The Hall–Kier alpha value is -2.39. The van der Waals surface area contributed by atoms with Crippen molar-refractivity contribution < 1.29 is 56.8 Å². The fraction of sp³-hybridized carbons (Fsp3) is 0.804. The molecule has 0 aromatic carbocycles. The summed E-state index contributed by atoms with van der Waals surface area (Å²) in [5, 5.41) is 31.0. The lowest BCUT2D eigenvalue weighted by Crippen LogP contribution is -2.60. The van der Waals surface area contributed by atoms with Gasteiger partial charge in [-0.25, -0.2) is 0 Å². The van der Waals surface area contributed by atoms with E-state index in [1.807, 2.05) is 0 Å². The SMILES string of the molecule is CCCCC/C=C/C/C=C/CCCCCCCCCCCC(=O)O[C@H](COC(=O)CCCCCCCCC/C=C/C/C=C/CCCCC)CO[C@H]1O[C@H](CS(=O)(=O)O)[C@@H](O)C(O)C1O. The zero-order valence-corrected chi connectivity index (χ0v) is 40.7. The van der Waals surface area contributed by atoms with Gasteiger partial charge in [0.2, 0.25) is 0 Å². The average Bonchev–Trinajstić information content (AvgIpc) is 3.26. The summed E-state index contributed by atoms with van der Waals surface area (Å²) in [4.78, 5) is 25.5. The molecule has 1 saturated heterocycles. The number of carbonyl (C=O) groups is 2. The van der Waals surface area contributed by atoms with Crippen molar-refractivity contribution in [2.45, 2.75) is 243 Å². The molecule has 372 valence electrons. The van der Waals surface area contributed by atoms with Crippen molar-refractivity contribution >= 4 is 22.1 Å². The van der Waals surface area contributed by atoms with Crippen LogP contribution in [0.25, 0.3) is 0 Å². The molecule has 64 heavy (non-hydrogen) atoms. The lowest BCUT2D eigenvalue weighted by atomic mass is 10.00. The van der Waals surface area contributed by atoms with Gasteiger partial charge in [-0.15, -0.1) is 0 Å². The fourth-order valence-electron chi connectivity index (χ4n) is 7.44. The van der Waals surface area contributed by atoms with E-state index in [1.54, 1.807) is 0 Å². The summed E-state index contributed by atoms with van der Waals surface area (Å²) in [5.74, 6) is -2.00. The lowest BCUT2D eigenvalue weighted by molar-refractivity contribution is -0.297. The van der Waals surface area contributed by atoms with Gasteiger partial charge >= 0.3 is 11.9 Å². The summed E-state index contributed by atoms with van der Waals surface area (Å²) in [6.45, 7) is 3.72. The zero-order chi connectivity index (χ0) is 46.9. The van der Waals surface area contributed by atoms with E-state index < -0.39 is 71.2 Å². The van der Waals surface area contributed by atoms with E-state index in [0.29, 0.717) is 12.8 Å². The maximum atomic E-state index is 12.9. The smallest absolute Gasteiger partial charge is 0.306 e. The summed E-state index contributed by atoms with van der Waals surface area (Å²) in [7, 11) is -4.61. The van der Waals surface area contributed by atoms with Gasteiger partial charge in [0, 0.05) is 12.8 Å². The van der Waals surface area contributed by atoms with Crippen LogP contribution in [0.5, 0.6) is 0 Å². The van der Waals surface area contributed by atoms with Crippen molar-refractivity contribution in [2.75, 3.05) is 19.0 Å². The molecular weight excluding hydrogens is 837 g/mol. The predicted octanol–water partition coefficient (Wildman–Crippen LogP) is 11.1. The molecule has 1 fully saturated rings. The Labute approximate surface area is 388 Å². The molecule has 0 aromatic rings. The van der Waals surface area contributed by atoms with Gasteiger partial charge in [-0.2, -0.15) is 8.42 Å². The molecule has 4 N–H and O–H groups in total. The van der Waals surface area contributed by atoms with E-state index in [1.165, 1.54) is 89.9 Å². The molecular formula is C51H90O12S. The molecule has 6 atom stereocenters. The van der Waals surface area contributed by atoms with Crippen LogP contribution in [-0.2, 0) is 38.7 Å². The van der Waals surface area contributed by atoms with Gasteiger partial charge < -0.3 is 34.3 Å². The molecule has 1 aliphatic rings. The molecule has 0 saturated carbocycles. The van der Waals surface area contributed by atoms with E-state index in [2.05, 4.69) is 62.5 Å². The summed E-state index contributed by atoms with van der Waals surface area (Å²) < 4.78 is 54.2. The first kappa shape index (κ1) is 59.6. The second-order valence-corrected chi connectivity index (χ2v) is 19.0. The van der Waals surface area contributed by atoms with Crippen LogP contribution in [0.15, 0.2) is 48.6 Å². The van der Waals surface area contributed by atoms with Crippen molar-refractivity contribution in [1.82, 2.24) is 0 Å². The number of aliphatic hydroxyl groups is 3. The highest BCUT2D eigenvalue weighted by Gasteiger charge is 2.46. The van der Waals surface area contributed by atoms with Crippen molar-refractivity contribution in [3.05, 3.63) is 48.6 Å². The van der Waals surface area contributed by atoms with Crippen LogP contribution in [0.4, 0.5) is 0 Å². The minimum absolute atomic E-state index is 0.157. The summed E-state index contributed by atoms with van der Waals surface area (Å²) in [6, 6.07) is 0. The predicted molar refractivity (Wildman–Crippen MR) is 256 cm³/mol. The molecule has 0 aliphatic carbocycles. The van der Waals surface area contributed by atoms with E-state index in [4.69, 9.17) is 18.9 Å². The zero-order valence-electron chi connectivity index (χ0n) is 39.9. The number of hydrogen-bond donors (Lipinski definition) is 4. The lowest BCUT2D eigenvalue weighted by Gasteiger charge is -2.40. The minimum atomic E-state index is -4.61. The maximum absolute atomic E-state index is 12.9. The third kappa shape index (κ3) is 34.9. The van der Waals surface area contributed by atoms with Crippen molar-refractivity contribution in [2.24, 2.45) is 0 Å². The van der Waals surface area contributed by atoms with Crippen LogP contribution in [0.1, 0.15) is 206 Å². The van der Waals surface area contributed by atoms with E-state index in [0.717, 1.165) is 77.0 Å². The first-order valence-corrected chi connectivity index (χ1v) is 26.8. The molecule has 1 rings (SSSR count). The molecule has 0 bridgehead atoms. The number of hydrogen-bond acceptors (Lipinski definition) is 11. The normalized spacial score (nSPS) is 20.0. The Balaban J connectivity index is 2.40. The minimum Gasteiger partial charge on any atom is -0.462 e. The molecule has 0 spiro atoms. The third-order valence-electron chi connectivity index (χ3n) is 11.4. The number of unbranched alkanes of at least 4 members (excludes halogenated alkanes) is 22. The van der Waals surface area contributed by atoms with Crippen LogP contribution in [-0.4, -0.2) is 96.0 Å². The average molecular weight is 927 g/mol. The monoisotopic (exact) mass is 927 g/mol. The Morgan fingerprint density at radius 3 is 1.38 bits per heavy atom. The highest BCUT2D eigenvalue weighted by atomic mass is 32.2. The van der Waals surface area contributed by atoms with Gasteiger partial charge in [-0.05, 0) is 77.0 Å². The van der Waals surface area contributed by atoms with Crippen LogP contribution >= 0.6 is 0 Å². The van der Waals surface area contributed by atoms with Crippen molar-refractivity contribution in [3.63, 3.8) is 0 Å². The van der Waals surface area contributed by atoms with E-state index in [9.17, 15) is 37.9 Å². The quantitative estimate of drug-likeness (QED) is 0.0197. The van der Waals surface area contributed by atoms with Gasteiger partial charge in [-0.1, -0.05) is 165 Å². The number of rotatable bonds is 42. The Morgan fingerprint density at radius 1 is 0.531 bits per heavy atom. The highest BCUT2D eigenvalue weighted by molar-refractivity contribution is 7.85. The number of carbonyl (C=O) groups excluding carboxylic acids is 2.